The van der Waals surface area contributed by atoms with Crippen molar-refractivity contribution in [2.24, 2.45) is 5.73 Å². The van der Waals surface area contributed by atoms with Gasteiger partial charge in [-0.15, -0.1) is 0 Å². The van der Waals surface area contributed by atoms with Gasteiger partial charge >= 0.3 is 5.69 Å². The number of aromatic nitrogens is 1. The fourth-order valence-electron chi connectivity index (χ4n) is 4.11. The predicted octanol–water partition coefficient (Wildman–Crippen LogP) is 3.60. The third-order valence-electron chi connectivity index (χ3n) is 5.78. The Kier molecular flexibility index (Phi) is 5.98. The van der Waals surface area contributed by atoms with Crippen molar-refractivity contribution in [3.05, 3.63) is 46.5 Å². The number of halogens is 1. The number of anilines is 4. The van der Waals surface area contributed by atoms with Gasteiger partial charge in [0, 0.05) is 38.3 Å². The van der Waals surface area contributed by atoms with Crippen LogP contribution in [0.5, 0.6) is 0 Å². The number of piperidine rings is 2. The molecule has 2 aromatic rings. The van der Waals surface area contributed by atoms with E-state index < -0.39 is 11.1 Å². The highest BCUT2D eigenvalue weighted by atomic mass is 19.1. The second-order valence-electron chi connectivity index (χ2n) is 7.95. The van der Waals surface area contributed by atoms with Crippen molar-refractivity contribution in [3.63, 3.8) is 0 Å². The van der Waals surface area contributed by atoms with E-state index in [1.807, 2.05) is 29.2 Å². The van der Waals surface area contributed by atoms with Crippen molar-refractivity contribution >= 4 is 28.7 Å². The molecule has 0 spiro atoms. The molecule has 3 heterocycles. The van der Waals surface area contributed by atoms with Crippen LogP contribution in [-0.2, 0) is 0 Å². The first-order valence-electron chi connectivity index (χ1n) is 10.4. The number of hydrogen-bond acceptors (Lipinski definition) is 7. The third kappa shape index (κ3) is 4.46. The molecule has 0 bridgehead atoms. The summed E-state index contributed by atoms with van der Waals surface area (Å²) in [6.45, 7) is 2.62. The topological polar surface area (TPSA) is 101 Å². The van der Waals surface area contributed by atoms with Gasteiger partial charge in [0.05, 0.1) is 16.3 Å². The Morgan fingerprint density at radius 3 is 2.60 bits per heavy atom. The number of nitrogens with two attached hydrogens (primary N) is 1. The number of alkyl halides is 1. The van der Waals surface area contributed by atoms with E-state index in [4.69, 9.17) is 5.73 Å². The van der Waals surface area contributed by atoms with E-state index >= 15 is 0 Å². The van der Waals surface area contributed by atoms with Crippen LogP contribution in [0.25, 0.3) is 0 Å². The molecular formula is C21H27FN6O2. The monoisotopic (exact) mass is 414 g/mol. The Labute approximate surface area is 175 Å². The van der Waals surface area contributed by atoms with Gasteiger partial charge in [0.2, 0.25) is 5.82 Å². The number of nitrogens with zero attached hydrogens (tertiary/aromatic N) is 4. The van der Waals surface area contributed by atoms with Gasteiger partial charge in [-0.05, 0) is 43.9 Å². The largest absolute Gasteiger partial charge is 0.367 e. The van der Waals surface area contributed by atoms with E-state index in [0.717, 1.165) is 44.6 Å². The molecule has 2 aliphatic heterocycles. The first-order valence-corrected chi connectivity index (χ1v) is 10.4. The highest BCUT2D eigenvalue weighted by Gasteiger charge is 2.24. The van der Waals surface area contributed by atoms with Crippen molar-refractivity contribution in [2.75, 3.05) is 41.3 Å². The van der Waals surface area contributed by atoms with E-state index in [0.29, 0.717) is 24.5 Å². The van der Waals surface area contributed by atoms with Crippen LogP contribution in [0, 0.1) is 10.1 Å². The van der Waals surface area contributed by atoms with Crippen LogP contribution in [0.3, 0.4) is 0 Å². The second kappa shape index (κ2) is 8.83. The number of nitro groups is 1. The molecule has 0 saturated carbocycles. The van der Waals surface area contributed by atoms with E-state index in [9.17, 15) is 14.5 Å². The van der Waals surface area contributed by atoms with Crippen LogP contribution in [0.2, 0.25) is 0 Å². The van der Waals surface area contributed by atoms with Crippen LogP contribution in [0.4, 0.5) is 33.1 Å². The summed E-state index contributed by atoms with van der Waals surface area (Å²) in [5, 5.41) is 14.8. The predicted molar refractivity (Wildman–Crippen MR) is 116 cm³/mol. The molecule has 1 atom stereocenters. The van der Waals surface area contributed by atoms with Gasteiger partial charge in [-0.2, -0.15) is 0 Å². The van der Waals surface area contributed by atoms with Crippen molar-refractivity contribution in [1.82, 2.24) is 4.98 Å². The fraction of sp³-hybridized carbons (Fsp3) is 0.476. The summed E-state index contributed by atoms with van der Waals surface area (Å²) in [4.78, 5) is 19.8. The highest BCUT2D eigenvalue weighted by molar-refractivity contribution is 5.78. The van der Waals surface area contributed by atoms with Crippen LogP contribution in [0.1, 0.15) is 25.7 Å². The maximum atomic E-state index is 14.0. The summed E-state index contributed by atoms with van der Waals surface area (Å²) in [5.74, 6) is 0.878. The Bertz CT molecular complexity index is 903. The first kappa shape index (κ1) is 20.3. The lowest BCUT2D eigenvalue weighted by molar-refractivity contribution is -0.384. The molecule has 9 heteroatoms. The molecule has 1 unspecified atom stereocenters. The van der Waals surface area contributed by atoms with Crippen LogP contribution in [0.15, 0.2) is 36.4 Å². The zero-order valence-corrected chi connectivity index (χ0v) is 16.8. The Balaban J connectivity index is 1.64. The molecule has 2 saturated heterocycles. The molecule has 1 aromatic carbocycles. The zero-order chi connectivity index (χ0) is 21.1. The molecule has 0 radical (unpaired) electrons. The lowest BCUT2D eigenvalue weighted by Gasteiger charge is -2.32. The normalized spacial score (nSPS) is 20.3. The molecule has 2 fully saturated rings. The molecule has 1 aromatic heterocycles. The van der Waals surface area contributed by atoms with Gasteiger partial charge in [0.25, 0.3) is 0 Å². The lowest BCUT2D eigenvalue weighted by atomic mass is 10.1. The van der Waals surface area contributed by atoms with Crippen LogP contribution >= 0.6 is 0 Å². The van der Waals surface area contributed by atoms with E-state index in [2.05, 4.69) is 15.2 Å². The van der Waals surface area contributed by atoms with E-state index in [1.54, 1.807) is 6.07 Å². The summed E-state index contributed by atoms with van der Waals surface area (Å²) >= 11 is 0. The van der Waals surface area contributed by atoms with Gasteiger partial charge < -0.3 is 20.9 Å². The van der Waals surface area contributed by atoms with Crippen molar-refractivity contribution < 1.29 is 9.31 Å². The second-order valence-corrected chi connectivity index (χ2v) is 7.95. The molecule has 30 heavy (non-hydrogen) atoms. The minimum Gasteiger partial charge on any atom is -0.367 e. The number of rotatable bonds is 5. The third-order valence-corrected chi connectivity index (χ3v) is 5.78. The Morgan fingerprint density at radius 2 is 1.87 bits per heavy atom. The number of nitrogens with one attached hydrogen (secondary N) is 1. The van der Waals surface area contributed by atoms with Crippen LogP contribution < -0.4 is 20.9 Å². The molecule has 0 aliphatic carbocycles. The summed E-state index contributed by atoms with van der Waals surface area (Å²) in [6, 6.07) is 10.8. The van der Waals surface area contributed by atoms with Gasteiger partial charge in [0.1, 0.15) is 12.0 Å². The molecule has 8 nitrogen and oxygen atoms in total. The molecule has 0 amide bonds. The lowest BCUT2D eigenvalue weighted by Crippen LogP contribution is -2.40. The molecular weight excluding hydrogens is 387 g/mol. The number of hydrogen-bond donors (Lipinski definition) is 2. The standard InChI is InChI=1S/C21H27FN6O2/c22-15-4-3-11-27(14-15)18-6-2-1-5-17(18)24-21-19(28(29)30)7-8-20(25-21)26-12-9-16(23)10-13-26/h1-2,5-8,15-16H,3-4,9-14,23H2,(H,24,25). The van der Waals surface area contributed by atoms with Crippen molar-refractivity contribution in [1.29, 1.82) is 0 Å². The fourth-order valence-corrected chi connectivity index (χ4v) is 4.11. The minimum atomic E-state index is -0.868. The van der Waals surface area contributed by atoms with E-state index in [-0.39, 0.29) is 17.5 Å². The van der Waals surface area contributed by atoms with Gasteiger partial charge in [0.15, 0.2) is 0 Å². The van der Waals surface area contributed by atoms with E-state index in [1.165, 1.54) is 6.07 Å². The number of pyridine rings is 1. The Hall–Kier alpha value is -2.94. The summed E-state index contributed by atoms with van der Waals surface area (Å²) < 4.78 is 14.0. The number of benzene rings is 1. The quantitative estimate of drug-likeness (QED) is 0.569. The maximum absolute atomic E-state index is 14.0. The van der Waals surface area contributed by atoms with Crippen molar-refractivity contribution in [3.8, 4) is 0 Å². The summed E-state index contributed by atoms with van der Waals surface area (Å²) in [6.07, 6.45) is 2.21. The average molecular weight is 414 g/mol. The Morgan fingerprint density at radius 1 is 1.10 bits per heavy atom. The molecule has 3 N–H and O–H groups in total. The number of para-hydroxylation sites is 2. The molecule has 2 aliphatic rings. The van der Waals surface area contributed by atoms with Gasteiger partial charge in [-0.1, -0.05) is 12.1 Å². The average Bonchev–Trinajstić information content (AvgIpc) is 2.74. The zero-order valence-electron chi connectivity index (χ0n) is 16.8. The van der Waals surface area contributed by atoms with Crippen molar-refractivity contribution in [2.45, 2.75) is 37.9 Å². The molecule has 160 valence electrons. The van der Waals surface area contributed by atoms with Gasteiger partial charge in [-0.25, -0.2) is 9.37 Å². The van der Waals surface area contributed by atoms with Gasteiger partial charge in [-0.3, -0.25) is 10.1 Å². The summed E-state index contributed by atoms with van der Waals surface area (Å²) in [7, 11) is 0. The maximum Gasteiger partial charge on any atom is 0.311 e. The smallest absolute Gasteiger partial charge is 0.311 e. The minimum absolute atomic E-state index is 0.0933. The van der Waals surface area contributed by atoms with Crippen LogP contribution in [-0.4, -0.2) is 48.3 Å². The molecule has 4 rings (SSSR count). The highest BCUT2D eigenvalue weighted by Crippen LogP contribution is 2.34. The first-order chi connectivity index (χ1) is 14.5. The SMILES string of the molecule is NC1CCN(c2ccc([N+](=O)[O-])c(Nc3ccccc3N3CCCC(F)C3)n2)CC1. The summed E-state index contributed by atoms with van der Waals surface area (Å²) in [5.41, 5.74) is 7.40.